The van der Waals surface area contributed by atoms with Crippen molar-refractivity contribution in [3.8, 4) is 0 Å². The lowest BCUT2D eigenvalue weighted by Crippen LogP contribution is -2.41. The van der Waals surface area contributed by atoms with Crippen molar-refractivity contribution in [2.75, 3.05) is 29.9 Å². The van der Waals surface area contributed by atoms with Gasteiger partial charge in [0.1, 0.15) is 0 Å². The molecule has 20 heavy (non-hydrogen) atoms. The van der Waals surface area contributed by atoms with Crippen LogP contribution in [0.2, 0.25) is 0 Å². The number of fused-ring (bicyclic) bond motifs is 1. The van der Waals surface area contributed by atoms with Crippen LogP contribution in [0.3, 0.4) is 0 Å². The van der Waals surface area contributed by atoms with Gasteiger partial charge in [0.2, 0.25) is 0 Å². The first-order valence-corrected chi connectivity index (χ1v) is 7.22. The molecule has 3 rings (SSSR count). The quantitative estimate of drug-likeness (QED) is 0.843. The molecule has 1 saturated heterocycles. The number of anilines is 2. The summed E-state index contributed by atoms with van der Waals surface area (Å²) in [7, 11) is 0. The fraction of sp³-hybridized carbons (Fsp3) is 0.600. The van der Waals surface area contributed by atoms with E-state index in [-0.39, 0.29) is 13.0 Å². The highest BCUT2D eigenvalue weighted by Crippen LogP contribution is 2.36. The first kappa shape index (κ1) is 13.6. The number of benzene rings is 1. The van der Waals surface area contributed by atoms with Gasteiger partial charge in [-0.2, -0.15) is 13.2 Å². The first-order chi connectivity index (χ1) is 9.54. The Labute approximate surface area is 117 Å². The van der Waals surface area contributed by atoms with Crippen molar-refractivity contribution in [3.63, 3.8) is 0 Å². The SMILES string of the molecule is FC(F)(F)C1CCCN(c2ccc3c(c2)CCCN3)C1. The van der Waals surface area contributed by atoms with E-state index in [9.17, 15) is 13.2 Å². The molecule has 1 N–H and O–H groups in total. The number of nitrogens with one attached hydrogen (secondary N) is 1. The van der Waals surface area contributed by atoms with E-state index in [1.165, 1.54) is 5.56 Å². The van der Waals surface area contributed by atoms with Gasteiger partial charge in [-0.05, 0) is 49.4 Å². The molecule has 2 nitrogen and oxygen atoms in total. The molecular formula is C15H19F3N2. The average Bonchev–Trinajstić information content (AvgIpc) is 2.46. The molecule has 0 radical (unpaired) electrons. The van der Waals surface area contributed by atoms with Crippen LogP contribution in [0.15, 0.2) is 18.2 Å². The van der Waals surface area contributed by atoms with Crippen LogP contribution in [0.4, 0.5) is 24.5 Å². The van der Waals surface area contributed by atoms with E-state index in [4.69, 9.17) is 0 Å². The van der Waals surface area contributed by atoms with Crippen LogP contribution in [-0.2, 0) is 6.42 Å². The van der Waals surface area contributed by atoms with Gasteiger partial charge in [0, 0.05) is 31.0 Å². The molecule has 5 heteroatoms. The summed E-state index contributed by atoms with van der Waals surface area (Å²) in [4.78, 5) is 1.89. The maximum absolute atomic E-state index is 12.9. The third kappa shape index (κ3) is 2.72. The van der Waals surface area contributed by atoms with E-state index in [0.717, 1.165) is 37.3 Å². The summed E-state index contributed by atoms with van der Waals surface area (Å²) in [5, 5.41) is 3.33. The van der Waals surface area contributed by atoms with E-state index in [2.05, 4.69) is 11.4 Å². The predicted molar refractivity (Wildman–Crippen MR) is 74.2 cm³/mol. The second-order valence-corrected chi connectivity index (χ2v) is 5.70. The predicted octanol–water partition coefficient (Wildman–Crippen LogP) is 3.82. The Morgan fingerprint density at radius 2 is 2.05 bits per heavy atom. The van der Waals surface area contributed by atoms with Crippen molar-refractivity contribution in [2.24, 2.45) is 5.92 Å². The number of hydrogen-bond donors (Lipinski definition) is 1. The lowest BCUT2D eigenvalue weighted by Gasteiger charge is -2.35. The molecule has 1 atom stereocenters. The van der Waals surface area contributed by atoms with Crippen molar-refractivity contribution < 1.29 is 13.2 Å². The largest absolute Gasteiger partial charge is 0.393 e. The van der Waals surface area contributed by atoms with Gasteiger partial charge in [-0.15, -0.1) is 0 Å². The minimum atomic E-state index is -4.07. The van der Waals surface area contributed by atoms with Gasteiger partial charge < -0.3 is 10.2 Å². The third-order valence-electron chi connectivity index (χ3n) is 4.28. The standard InChI is InChI=1S/C15H19F3N2/c16-15(17,18)12-4-2-8-20(10-12)13-5-6-14-11(9-13)3-1-7-19-14/h5-6,9,12,19H,1-4,7-8,10H2. The monoisotopic (exact) mass is 284 g/mol. The number of rotatable bonds is 1. The maximum Gasteiger partial charge on any atom is 0.393 e. The minimum Gasteiger partial charge on any atom is -0.385 e. The van der Waals surface area contributed by atoms with Gasteiger partial charge in [0.05, 0.1) is 5.92 Å². The number of aryl methyl sites for hydroxylation is 1. The molecule has 0 aromatic heterocycles. The molecule has 0 bridgehead atoms. The van der Waals surface area contributed by atoms with E-state index in [0.29, 0.717) is 6.42 Å². The molecule has 0 amide bonds. The third-order valence-corrected chi connectivity index (χ3v) is 4.28. The van der Waals surface area contributed by atoms with Crippen LogP contribution in [0, 0.1) is 5.92 Å². The molecule has 0 aliphatic carbocycles. The van der Waals surface area contributed by atoms with Crippen molar-refractivity contribution in [1.29, 1.82) is 0 Å². The van der Waals surface area contributed by atoms with Crippen LogP contribution in [0.5, 0.6) is 0 Å². The molecule has 1 aromatic rings. The number of nitrogens with zero attached hydrogens (tertiary/aromatic N) is 1. The number of hydrogen-bond acceptors (Lipinski definition) is 2. The van der Waals surface area contributed by atoms with Crippen LogP contribution in [0.25, 0.3) is 0 Å². The summed E-state index contributed by atoms with van der Waals surface area (Å²) in [6.07, 6.45) is -1.12. The number of alkyl halides is 3. The summed E-state index contributed by atoms with van der Waals surface area (Å²) < 4.78 is 38.6. The fourth-order valence-corrected chi connectivity index (χ4v) is 3.14. The van der Waals surface area contributed by atoms with Crippen LogP contribution < -0.4 is 10.2 Å². The second kappa shape index (κ2) is 5.19. The summed E-state index contributed by atoms with van der Waals surface area (Å²) in [6.45, 7) is 1.79. The van der Waals surface area contributed by atoms with E-state index in [1.54, 1.807) is 0 Å². The molecule has 2 heterocycles. The molecule has 2 aliphatic heterocycles. The van der Waals surface area contributed by atoms with Crippen molar-refractivity contribution >= 4 is 11.4 Å². The average molecular weight is 284 g/mol. The summed E-state index contributed by atoms with van der Waals surface area (Å²) in [5.41, 5.74) is 3.29. The molecule has 1 fully saturated rings. The molecule has 0 spiro atoms. The summed E-state index contributed by atoms with van der Waals surface area (Å²) in [5.74, 6) is -1.19. The van der Waals surface area contributed by atoms with Gasteiger partial charge in [-0.1, -0.05) is 0 Å². The second-order valence-electron chi connectivity index (χ2n) is 5.70. The van der Waals surface area contributed by atoms with Gasteiger partial charge in [0.15, 0.2) is 0 Å². The summed E-state index contributed by atoms with van der Waals surface area (Å²) in [6, 6.07) is 6.00. The molecule has 1 unspecified atom stereocenters. The Bertz CT molecular complexity index is 484. The van der Waals surface area contributed by atoms with Gasteiger partial charge in [-0.25, -0.2) is 0 Å². The van der Waals surface area contributed by atoms with E-state index >= 15 is 0 Å². The molecular weight excluding hydrogens is 265 g/mol. The molecule has 110 valence electrons. The summed E-state index contributed by atoms with van der Waals surface area (Å²) >= 11 is 0. The minimum absolute atomic E-state index is 0.0930. The highest BCUT2D eigenvalue weighted by atomic mass is 19.4. The highest BCUT2D eigenvalue weighted by molar-refractivity contribution is 5.62. The zero-order valence-electron chi connectivity index (χ0n) is 11.3. The topological polar surface area (TPSA) is 15.3 Å². The Balaban J connectivity index is 1.78. The lowest BCUT2D eigenvalue weighted by atomic mass is 9.96. The van der Waals surface area contributed by atoms with Crippen molar-refractivity contribution in [2.45, 2.75) is 31.9 Å². The van der Waals surface area contributed by atoms with Crippen LogP contribution in [0.1, 0.15) is 24.8 Å². The lowest BCUT2D eigenvalue weighted by molar-refractivity contribution is -0.175. The van der Waals surface area contributed by atoms with Crippen molar-refractivity contribution in [3.05, 3.63) is 23.8 Å². The zero-order chi connectivity index (χ0) is 14.2. The van der Waals surface area contributed by atoms with E-state index in [1.807, 2.05) is 17.0 Å². The number of piperidine rings is 1. The molecule has 1 aromatic carbocycles. The first-order valence-electron chi connectivity index (χ1n) is 7.22. The van der Waals surface area contributed by atoms with Gasteiger partial charge >= 0.3 is 6.18 Å². The van der Waals surface area contributed by atoms with E-state index < -0.39 is 12.1 Å². The number of halogens is 3. The molecule has 2 aliphatic rings. The normalized spacial score (nSPS) is 23.1. The molecule has 0 saturated carbocycles. The Morgan fingerprint density at radius 3 is 2.85 bits per heavy atom. The Morgan fingerprint density at radius 1 is 1.20 bits per heavy atom. The van der Waals surface area contributed by atoms with Gasteiger partial charge in [0.25, 0.3) is 0 Å². The Kier molecular flexibility index (Phi) is 3.52. The smallest absolute Gasteiger partial charge is 0.385 e. The zero-order valence-corrected chi connectivity index (χ0v) is 11.3. The van der Waals surface area contributed by atoms with Crippen LogP contribution >= 0.6 is 0 Å². The highest BCUT2D eigenvalue weighted by Gasteiger charge is 2.41. The van der Waals surface area contributed by atoms with Crippen molar-refractivity contribution in [1.82, 2.24) is 0 Å². The van der Waals surface area contributed by atoms with Crippen LogP contribution in [-0.4, -0.2) is 25.8 Å². The van der Waals surface area contributed by atoms with Gasteiger partial charge in [-0.3, -0.25) is 0 Å². The fourth-order valence-electron chi connectivity index (χ4n) is 3.14. The maximum atomic E-state index is 12.9. The Hall–Kier alpha value is -1.39.